The summed E-state index contributed by atoms with van der Waals surface area (Å²) < 4.78 is 7.66. The Morgan fingerprint density at radius 2 is 1.37 bits per heavy atom. The molecular formula is C51H36N4S2. The third-order valence-electron chi connectivity index (χ3n) is 11.8. The van der Waals surface area contributed by atoms with E-state index in [0.29, 0.717) is 0 Å². The molecule has 1 aliphatic heterocycles. The van der Waals surface area contributed by atoms with Crippen LogP contribution < -0.4 is 10.6 Å². The van der Waals surface area contributed by atoms with Gasteiger partial charge in [-0.15, -0.1) is 22.7 Å². The van der Waals surface area contributed by atoms with Gasteiger partial charge < -0.3 is 9.88 Å². The van der Waals surface area contributed by atoms with Gasteiger partial charge in [0.25, 0.3) is 0 Å². The fourth-order valence-electron chi connectivity index (χ4n) is 9.08. The van der Waals surface area contributed by atoms with Crippen LogP contribution in [0.25, 0.3) is 74.1 Å². The fourth-order valence-corrected chi connectivity index (χ4v) is 11.3. The number of rotatable bonds is 5. The predicted molar refractivity (Wildman–Crippen MR) is 243 cm³/mol. The van der Waals surface area contributed by atoms with Crippen LogP contribution >= 0.6 is 22.7 Å². The number of para-hydroxylation sites is 1. The highest BCUT2D eigenvalue weighted by molar-refractivity contribution is 7.26. The van der Waals surface area contributed by atoms with Gasteiger partial charge >= 0.3 is 0 Å². The number of aliphatic imine (C=N–C) groups is 1. The topological polar surface area (TPSA) is 41.4 Å². The highest BCUT2D eigenvalue weighted by atomic mass is 32.1. The first-order valence-corrected chi connectivity index (χ1v) is 21.3. The fraction of sp³-hybridized carbons (Fsp3) is 0.0784. The van der Waals surface area contributed by atoms with Gasteiger partial charge in [-0.05, 0) is 95.3 Å². The van der Waals surface area contributed by atoms with Crippen molar-refractivity contribution in [2.24, 2.45) is 4.99 Å². The molecule has 2 aliphatic rings. The van der Waals surface area contributed by atoms with Gasteiger partial charge in [-0.2, -0.15) is 0 Å². The lowest BCUT2D eigenvalue weighted by atomic mass is 9.97. The normalized spacial score (nSPS) is 16.7. The van der Waals surface area contributed by atoms with Crippen LogP contribution in [0.5, 0.6) is 0 Å². The van der Waals surface area contributed by atoms with Crippen LogP contribution in [-0.4, -0.2) is 10.4 Å². The Kier molecular flexibility index (Phi) is 7.58. The third-order valence-corrected chi connectivity index (χ3v) is 14.0. The average Bonchev–Trinajstić information content (AvgIpc) is 3.95. The summed E-state index contributed by atoms with van der Waals surface area (Å²) in [7, 11) is 0. The summed E-state index contributed by atoms with van der Waals surface area (Å²) in [5.74, 6) is 0.897. The van der Waals surface area contributed by atoms with Crippen LogP contribution in [0.2, 0.25) is 0 Å². The van der Waals surface area contributed by atoms with E-state index in [1.165, 1.54) is 84.9 Å². The van der Waals surface area contributed by atoms with Crippen molar-refractivity contribution in [3.63, 3.8) is 0 Å². The molecule has 10 aromatic rings. The van der Waals surface area contributed by atoms with Gasteiger partial charge in [0.05, 0.1) is 5.52 Å². The molecule has 2 unspecified atom stereocenters. The molecule has 4 nitrogen and oxygen atoms in total. The number of aromatic nitrogens is 1. The van der Waals surface area contributed by atoms with E-state index >= 15 is 0 Å². The molecule has 4 heterocycles. The van der Waals surface area contributed by atoms with E-state index in [-0.39, 0.29) is 12.3 Å². The lowest BCUT2D eigenvalue weighted by Crippen LogP contribution is -2.44. The Balaban J connectivity index is 0.956. The second kappa shape index (κ2) is 13.1. The third kappa shape index (κ3) is 5.40. The molecule has 7 aromatic carbocycles. The summed E-state index contributed by atoms with van der Waals surface area (Å²) in [6.07, 6.45) is 6.55. The van der Waals surface area contributed by atoms with Crippen molar-refractivity contribution in [2.75, 3.05) is 0 Å². The van der Waals surface area contributed by atoms with E-state index in [1.807, 2.05) is 28.7 Å². The van der Waals surface area contributed by atoms with E-state index in [9.17, 15) is 0 Å². The highest BCUT2D eigenvalue weighted by Crippen LogP contribution is 2.44. The first-order chi connectivity index (χ1) is 28.2. The second-order valence-corrected chi connectivity index (χ2v) is 17.3. The molecule has 0 radical (unpaired) electrons. The van der Waals surface area contributed by atoms with E-state index in [1.54, 1.807) is 0 Å². The van der Waals surface area contributed by atoms with Crippen LogP contribution in [0.1, 0.15) is 46.7 Å². The first-order valence-electron chi connectivity index (χ1n) is 19.7. The van der Waals surface area contributed by atoms with Gasteiger partial charge in [0.1, 0.15) is 18.2 Å². The molecule has 0 amide bonds. The van der Waals surface area contributed by atoms with Gasteiger partial charge in [0.15, 0.2) is 0 Å². The summed E-state index contributed by atoms with van der Waals surface area (Å²) in [5, 5.41) is 14.0. The zero-order valence-electron chi connectivity index (χ0n) is 30.9. The Labute approximate surface area is 338 Å². The van der Waals surface area contributed by atoms with E-state index in [2.05, 4.69) is 179 Å². The van der Waals surface area contributed by atoms with Crippen molar-refractivity contribution < 1.29 is 0 Å². The summed E-state index contributed by atoms with van der Waals surface area (Å²) in [6.45, 7) is 0. The minimum Gasteiger partial charge on any atom is -0.350 e. The number of allylic oxidation sites excluding steroid dienone is 1. The van der Waals surface area contributed by atoms with Crippen LogP contribution in [0.3, 0.4) is 0 Å². The monoisotopic (exact) mass is 768 g/mol. The minimum absolute atomic E-state index is 0.0717. The summed E-state index contributed by atoms with van der Waals surface area (Å²) in [4.78, 5) is 5.23. The lowest BCUT2D eigenvalue weighted by molar-refractivity contribution is 0.409. The average molecular weight is 769 g/mol. The van der Waals surface area contributed by atoms with Crippen LogP contribution in [0.15, 0.2) is 169 Å². The number of thiophene rings is 2. The largest absolute Gasteiger partial charge is 0.350 e. The SMILES string of the molecule is C1=Cc2c(c3ccccc3n2-c2ccc3sc4ccc(-c5cccc6sc7cc(C8N=C(c9ccccc9)NC(c9ccccc9)N8)ccc7c56)cc4c3c2)CC1. The number of hydrogen-bond acceptors (Lipinski definition) is 5. The van der Waals surface area contributed by atoms with Gasteiger partial charge in [-0.1, -0.05) is 115 Å². The van der Waals surface area contributed by atoms with Crippen molar-refractivity contribution in [1.29, 1.82) is 0 Å². The number of aryl methyl sites for hydroxylation is 1. The maximum absolute atomic E-state index is 5.23. The van der Waals surface area contributed by atoms with E-state index in [0.717, 1.165) is 29.8 Å². The molecule has 12 rings (SSSR count). The summed E-state index contributed by atoms with van der Waals surface area (Å²) in [5.41, 5.74) is 11.2. The zero-order valence-corrected chi connectivity index (χ0v) is 32.6. The van der Waals surface area contributed by atoms with Gasteiger partial charge in [0, 0.05) is 62.7 Å². The van der Waals surface area contributed by atoms with Crippen molar-refractivity contribution >= 4 is 85.8 Å². The molecule has 6 heteroatoms. The molecule has 0 spiro atoms. The standard InChI is InChI=1S/C51H36N4S2/c1-3-12-31(13-4-1)49-52-50(32-14-5-2-6-15-32)54-51(53-49)34-22-25-39-47(29-34)57-46-21-11-18-36(48(39)46)33-23-26-44-40(28-33)41-30-35(24-27-45(41)56-44)55-42-19-9-7-16-37(42)38-17-8-10-20-43(38)55/h1-7,9-16,18-30,49,51,53H,8,17H2,(H,52,54). The molecule has 3 aromatic heterocycles. The molecule has 0 fully saturated rings. The first kappa shape index (κ1) is 32.9. The zero-order chi connectivity index (χ0) is 37.5. The van der Waals surface area contributed by atoms with Gasteiger partial charge in [0.2, 0.25) is 0 Å². The predicted octanol–water partition coefficient (Wildman–Crippen LogP) is 13.3. The number of nitrogens with zero attached hydrogens (tertiary/aromatic N) is 2. The number of hydrogen-bond donors (Lipinski definition) is 2. The van der Waals surface area contributed by atoms with Gasteiger partial charge in [-0.25, -0.2) is 4.99 Å². The van der Waals surface area contributed by atoms with Crippen LogP contribution in [0.4, 0.5) is 0 Å². The lowest BCUT2D eigenvalue weighted by Gasteiger charge is -2.32. The van der Waals surface area contributed by atoms with Crippen molar-refractivity contribution in [3.8, 4) is 16.8 Å². The summed E-state index contributed by atoms with van der Waals surface area (Å²) in [6, 6.07) is 57.7. The maximum atomic E-state index is 5.23. The molecule has 0 saturated carbocycles. The molecule has 0 saturated heterocycles. The maximum Gasteiger partial charge on any atom is 0.131 e. The molecule has 57 heavy (non-hydrogen) atoms. The van der Waals surface area contributed by atoms with Gasteiger partial charge in [-0.3, -0.25) is 5.32 Å². The van der Waals surface area contributed by atoms with Crippen LogP contribution in [0, 0.1) is 0 Å². The van der Waals surface area contributed by atoms with Crippen LogP contribution in [-0.2, 0) is 6.42 Å². The molecule has 2 atom stereocenters. The number of nitrogens with one attached hydrogen (secondary N) is 2. The second-order valence-electron chi connectivity index (χ2n) is 15.1. The van der Waals surface area contributed by atoms with E-state index < -0.39 is 0 Å². The molecule has 272 valence electrons. The van der Waals surface area contributed by atoms with Crippen molar-refractivity contribution in [2.45, 2.75) is 25.2 Å². The van der Waals surface area contributed by atoms with E-state index in [4.69, 9.17) is 4.99 Å². The number of amidine groups is 1. The van der Waals surface area contributed by atoms with Crippen molar-refractivity contribution in [3.05, 3.63) is 192 Å². The molecule has 2 N–H and O–H groups in total. The van der Waals surface area contributed by atoms with Crippen molar-refractivity contribution in [1.82, 2.24) is 15.2 Å². The molecular weight excluding hydrogens is 733 g/mol. The molecule has 1 aliphatic carbocycles. The Morgan fingerprint density at radius 3 is 2.26 bits per heavy atom. The minimum atomic E-state index is -0.203. The number of fused-ring (bicyclic) bond motifs is 9. The Bertz CT molecular complexity index is 3260. The Morgan fingerprint density at radius 1 is 0.579 bits per heavy atom. The Hall–Kier alpha value is -6.31. The number of benzene rings is 7. The highest BCUT2D eigenvalue weighted by Gasteiger charge is 2.26. The summed E-state index contributed by atoms with van der Waals surface area (Å²) >= 11 is 3.75. The molecule has 0 bridgehead atoms. The quantitative estimate of drug-likeness (QED) is 0.183. The smallest absolute Gasteiger partial charge is 0.131 e.